The minimum Gasteiger partial charge on any atom is -0.508 e. The number of carboxylic acids is 1. The predicted octanol–water partition coefficient (Wildman–Crippen LogP) is 1.93. The lowest BCUT2D eigenvalue weighted by molar-refractivity contribution is -0.142. The molecule has 1 aromatic rings. The van der Waals surface area contributed by atoms with E-state index in [2.05, 4.69) is 5.32 Å². The van der Waals surface area contributed by atoms with Gasteiger partial charge in [0.1, 0.15) is 11.8 Å². The molecule has 0 fully saturated rings. The Morgan fingerprint density at radius 1 is 1.26 bits per heavy atom. The monoisotopic (exact) mass is 265 g/mol. The Bertz CT molecular complexity index is 503. The number of hydrogen-bond donors (Lipinski definition) is 3. The fourth-order valence-electron chi connectivity index (χ4n) is 1.61. The summed E-state index contributed by atoms with van der Waals surface area (Å²) in [5, 5.41) is 21.2. The van der Waals surface area contributed by atoms with Gasteiger partial charge in [0, 0.05) is 5.56 Å². The van der Waals surface area contributed by atoms with E-state index in [-0.39, 0.29) is 11.3 Å². The highest BCUT2D eigenvalue weighted by Gasteiger charge is 2.32. The minimum atomic E-state index is -1.09. The molecule has 0 spiro atoms. The van der Waals surface area contributed by atoms with Crippen molar-refractivity contribution in [1.29, 1.82) is 0 Å². The first-order chi connectivity index (χ1) is 8.62. The molecule has 5 heteroatoms. The average molecular weight is 265 g/mol. The van der Waals surface area contributed by atoms with Crippen LogP contribution in [0.25, 0.3) is 0 Å². The molecule has 0 heterocycles. The quantitative estimate of drug-likeness (QED) is 0.779. The Hall–Kier alpha value is -2.04. The molecule has 5 nitrogen and oxygen atoms in total. The fraction of sp³-hybridized carbons (Fsp3) is 0.429. The van der Waals surface area contributed by atoms with Crippen molar-refractivity contribution >= 4 is 11.9 Å². The summed E-state index contributed by atoms with van der Waals surface area (Å²) in [6.07, 6.45) is 0. The van der Waals surface area contributed by atoms with E-state index < -0.39 is 23.3 Å². The lowest BCUT2D eigenvalue weighted by atomic mass is 9.86. The molecule has 0 saturated carbocycles. The number of amides is 1. The topological polar surface area (TPSA) is 86.6 Å². The van der Waals surface area contributed by atoms with Crippen LogP contribution in [-0.2, 0) is 4.79 Å². The van der Waals surface area contributed by atoms with Gasteiger partial charge in [-0.15, -0.1) is 0 Å². The zero-order valence-electron chi connectivity index (χ0n) is 11.5. The van der Waals surface area contributed by atoms with Gasteiger partial charge in [0.15, 0.2) is 0 Å². The van der Waals surface area contributed by atoms with Crippen LogP contribution in [0, 0.1) is 12.3 Å². The number of aliphatic carboxylic acids is 1. The number of phenols is 1. The molecular formula is C14H19NO4. The molecule has 1 unspecified atom stereocenters. The first-order valence-electron chi connectivity index (χ1n) is 5.96. The number of carbonyl (C=O) groups excluding carboxylic acids is 1. The molecule has 1 aromatic carbocycles. The molecule has 1 amide bonds. The second-order valence-electron chi connectivity index (χ2n) is 5.61. The van der Waals surface area contributed by atoms with Gasteiger partial charge >= 0.3 is 5.97 Å². The SMILES string of the molecule is Cc1ccc(C(=O)NC(C(=O)O)C(C)(C)C)cc1O. The van der Waals surface area contributed by atoms with Gasteiger partial charge in [-0.3, -0.25) is 4.79 Å². The van der Waals surface area contributed by atoms with Gasteiger partial charge in [-0.1, -0.05) is 26.8 Å². The maximum absolute atomic E-state index is 12.0. The van der Waals surface area contributed by atoms with Crippen LogP contribution < -0.4 is 5.32 Å². The van der Waals surface area contributed by atoms with Gasteiger partial charge in [0.05, 0.1) is 0 Å². The van der Waals surface area contributed by atoms with E-state index in [1.54, 1.807) is 39.8 Å². The van der Waals surface area contributed by atoms with Crippen LogP contribution in [0.3, 0.4) is 0 Å². The van der Waals surface area contributed by atoms with Crippen LogP contribution in [0.1, 0.15) is 36.7 Å². The third-order valence-corrected chi connectivity index (χ3v) is 2.86. The standard InChI is InChI=1S/C14H19NO4/c1-8-5-6-9(7-10(8)16)12(17)15-11(13(18)19)14(2,3)4/h5-7,11,16H,1-4H3,(H,15,17)(H,18,19). The Labute approximate surface area is 112 Å². The number of carbonyl (C=O) groups is 2. The number of phenolic OH excluding ortho intramolecular Hbond substituents is 1. The highest BCUT2D eigenvalue weighted by atomic mass is 16.4. The Balaban J connectivity index is 2.94. The molecule has 1 atom stereocenters. The summed E-state index contributed by atoms with van der Waals surface area (Å²) in [6, 6.07) is 3.48. The summed E-state index contributed by atoms with van der Waals surface area (Å²) in [5.41, 5.74) is 0.287. The van der Waals surface area contributed by atoms with Gasteiger partial charge in [-0.2, -0.15) is 0 Å². The maximum Gasteiger partial charge on any atom is 0.326 e. The van der Waals surface area contributed by atoms with Crippen LogP contribution in [0.5, 0.6) is 5.75 Å². The molecule has 0 bridgehead atoms. The smallest absolute Gasteiger partial charge is 0.326 e. The molecule has 0 saturated heterocycles. The first kappa shape index (κ1) is 15.0. The number of hydrogen-bond acceptors (Lipinski definition) is 3. The normalized spacial score (nSPS) is 12.8. The Kier molecular flexibility index (Phi) is 4.19. The van der Waals surface area contributed by atoms with Crippen LogP contribution in [-0.4, -0.2) is 28.1 Å². The largest absolute Gasteiger partial charge is 0.508 e. The molecule has 1 rings (SSSR count). The van der Waals surface area contributed by atoms with E-state index in [1.165, 1.54) is 6.07 Å². The van der Waals surface area contributed by atoms with Crippen LogP contribution in [0.2, 0.25) is 0 Å². The lowest BCUT2D eigenvalue weighted by Crippen LogP contribution is -2.49. The van der Waals surface area contributed by atoms with E-state index in [0.29, 0.717) is 5.56 Å². The molecule has 0 aliphatic heterocycles. The summed E-state index contributed by atoms with van der Waals surface area (Å²) in [5.74, 6) is -1.59. The fourth-order valence-corrected chi connectivity index (χ4v) is 1.61. The molecule has 0 radical (unpaired) electrons. The van der Waals surface area contributed by atoms with Crippen molar-refractivity contribution in [2.75, 3.05) is 0 Å². The van der Waals surface area contributed by atoms with E-state index in [1.807, 2.05) is 0 Å². The molecule has 19 heavy (non-hydrogen) atoms. The van der Waals surface area contributed by atoms with E-state index in [9.17, 15) is 14.7 Å². The predicted molar refractivity (Wildman–Crippen MR) is 71.2 cm³/mol. The van der Waals surface area contributed by atoms with Crippen molar-refractivity contribution in [2.24, 2.45) is 5.41 Å². The average Bonchev–Trinajstić information content (AvgIpc) is 2.27. The summed E-state index contributed by atoms with van der Waals surface area (Å²) >= 11 is 0. The van der Waals surface area contributed by atoms with Crippen molar-refractivity contribution in [2.45, 2.75) is 33.7 Å². The van der Waals surface area contributed by atoms with E-state index in [4.69, 9.17) is 5.11 Å². The number of aryl methyl sites for hydroxylation is 1. The summed E-state index contributed by atoms with van der Waals surface area (Å²) in [6.45, 7) is 6.92. The van der Waals surface area contributed by atoms with Crippen molar-refractivity contribution in [3.8, 4) is 5.75 Å². The van der Waals surface area contributed by atoms with Crippen LogP contribution in [0.15, 0.2) is 18.2 Å². The molecule has 3 N–H and O–H groups in total. The number of rotatable bonds is 3. The van der Waals surface area contributed by atoms with Gasteiger partial charge in [-0.05, 0) is 30.0 Å². The summed E-state index contributed by atoms with van der Waals surface area (Å²) in [7, 11) is 0. The van der Waals surface area contributed by atoms with Crippen LogP contribution >= 0.6 is 0 Å². The van der Waals surface area contributed by atoms with Gasteiger partial charge in [0.2, 0.25) is 0 Å². The van der Waals surface area contributed by atoms with Crippen molar-refractivity contribution in [3.05, 3.63) is 29.3 Å². The van der Waals surface area contributed by atoms with Crippen molar-refractivity contribution in [1.82, 2.24) is 5.32 Å². The second-order valence-corrected chi connectivity index (χ2v) is 5.61. The van der Waals surface area contributed by atoms with Gasteiger partial charge in [-0.25, -0.2) is 4.79 Å². The number of aromatic hydroxyl groups is 1. The zero-order chi connectivity index (χ0) is 14.8. The first-order valence-corrected chi connectivity index (χ1v) is 5.96. The van der Waals surface area contributed by atoms with Crippen molar-refractivity contribution < 1.29 is 19.8 Å². The molecule has 0 aliphatic carbocycles. The summed E-state index contributed by atoms with van der Waals surface area (Å²) in [4.78, 5) is 23.2. The van der Waals surface area contributed by atoms with E-state index >= 15 is 0 Å². The number of nitrogens with one attached hydrogen (secondary N) is 1. The molecule has 104 valence electrons. The molecule has 0 aromatic heterocycles. The Morgan fingerprint density at radius 2 is 1.84 bits per heavy atom. The third-order valence-electron chi connectivity index (χ3n) is 2.86. The minimum absolute atomic E-state index is 0.00952. The molecule has 0 aliphatic rings. The number of carboxylic acid groups (broad SMARTS) is 1. The van der Waals surface area contributed by atoms with E-state index in [0.717, 1.165) is 0 Å². The van der Waals surface area contributed by atoms with Crippen molar-refractivity contribution in [3.63, 3.8) is 0 Å². The lowest BCUT2D eigenvalue weighted by Gasteiger charge is -2.27. The third kappa shape index (κ3) is 3.71. The highest BCUT2D eigenvalue weighted by molar-refractivity contribution is 5.97. The van der Waals surface area contributed by atoms with Crippen LogP contribution in [0.4, 0.5) is 0 Å². The maximum atomic E-state index is 12.0. The van der Waals surface area contributed by atoms with Gasteiger partial charge in [0.25, 0.3) is 5.91 Å². The molecular weight excluding hydrogens is 246 g/mol. The van der Waals surface area contributed by atoms with Gasteiger partial charge < -0.3 is 15.5 Å². The summed E-state index contributed by atoms with van der Waals surface area (Å²) < 4.78 is 0. The highest BCUT2D eigenvalue weighted by Crippen LogP contribution is 2.21. The Morgan fingerprint density at radius 3 is 2.26 bits per heavy atom. The zero-order valence-corrected chi connectivity index (χ0v) is 11.5. The second kappa shape index (κ2) is 5.30. The number of benzene rings is 1.